The fourth-order valence-electron chi connectivity index (χ4n) is 2.92. The van der Waals surface area contributed by atoms with Gasteiger partial charge in [0.2, 0.25) is 0 Å². The molecule has 3 rings (SSSR count). The number of thioether (sulfide) groups is 1. The lowest BCUT2D eigenvalue weighted by Gasteiger charge is -2.30. The van der Waals surface area contributed by atoms with Gasteiger partial charge in [-0.15, -0.1) is 6.58 Å². The van der Waals surface area contributed by atoms with Gasteiger partial charge < -0.3 is 4.74 Å². The number of cyclic esters (lactones) is 1. The number of benzene rings is 2. The Morgan fingerprint density at radius 1 is 1.17 bits per heavy atom. The molecule has 1 aliphatic rings. The summed E-state index contributed by atoms with van der Waals surface area (Å²) in [6, 6.07) is 20.4. The molecule has 0 N–H and O–H groups in total. The number of hydrogen-bond acceptors (Lipinski definition) is 3. The molecule has 1 unspecified atom stereocenters. The van der Waals surface area contributed by atoms with Crippen LogP contribution in [0.1, 0.15) is 12.0 Å². The van der Waals surface area contributed by atoms with Crippen LogP contribution in [0.4, 0.5) is 4.79 Å². The van der Waals surface area contributed by atoms with Crippen molar-refractivity contribution in [2.75, 3.05) is 6.61 Å². The van der Waals surface area contributed by atoms with Crippen LogP contribution in [0.2, 0.25) is 0 Å². The molecule has 2 aromatic carbocycles. The van der Waals surface area contributed by atoms with Gasteiger partial charge in [0, 0.05) is 10.9 Å². The number of ether oxygens (including phenoxy) is 1. The Morgan fingerprint density at radius 3 is 2.50 bits per heavy atom. The van der Waals surface area contributed by atoms with Gasteiger partial charge in [0.15, 0.2) is 0 Å². The summed E-state index contributed by atoms with van der Waals surface area (Å²) in [7, 11) is 0. The molecule has 2 aromatic rings. The van der Waals surface area contributed by atoms with E-state index in [2.05, 4.69) is 30.8 Å². The molecule has 124 valence electrons. The largest absolute Gasteiger partial charge is 0.446 e. The predicted molar refractivity (Wildman–Crippen MR) is 98.0 cm³/mol. The van der Waals surface area contributed by atoms with E-state index >= 15 is 0 Å². The van der Waals surface area contributed by atoms with Crippen LogP contribution < -0.4 is 0 Å². The molecule has 1 fully saturated rings. The van der Waals surface area contributed by atoms with E-state index in [9.17, 15) is 4.79 Å². The van der Waals surface area contributed by atoms with E-state index in [4.69, 9.17) is 4.74 Å². The Hall–Kier alpha value is -2.20. The Labute approximate surface area is 147 Å². The van der Waals surface area contributed by atoms with Gasteiger partial charge in [-0.3, -0.25) is 4.90 Å². The van der Waals surface area contributed by atoms with E-state index in [1.165, 1.54) is 5.56 Å². The average molecular weight is 339 g/mol. The number of carbonyl (C=O) groups is 1. The Balaban J connectivity index is 1.78. The summed E-state index contributed by atoms with van der Waals surface area (Å²) in [6.07, 6.45) is 3.19. The maximum absolute atomic E-state index is 12.3. The Bertz CT molecular complexity index is 675. The minimum atomic E-state index is -0.230. The fraction of sp³-hybridized carbons (Fsp3) is 0.250. The molecule has 0 bridgehead atoms. The minimum absolute atomic E-state index is 0.00596. The van der Waals surface area contributed by atoms with Crippen LogP contribution in [0.15, 0.2) is 78.2 Å². The predicted octanol–water partition coefficient (Wildman–Crippen LogP) is 4.74. The van der Waals surface area contributed by atoms with Crippen molar-refractivity contribution in [3.05, 3.63) is 78.9 Å². The summed E-state index contributed by atoms with van der Waals surface area (Å²) in [5.74, 6) is 0. The highest BCUT2D eigenvalue weighted by Crippen LogP contribution is 2.33. The zero-order valence-corrected chi connectivity index (χ0v) is 14.3. The van der Waals surface area contributed by atoms with Crippen LogP contribution in [0.3, 0.4) is 0 Å². The third kappa shape index (κ3) is 4.01. The summed E-state index contributed by atoms with van der Waals surface area (Å²) < 4.78 is 5.35. The molecule has 0 radical (unpaired) electrons. The molecule has 0 saturated carbocycles. The molecule has 0 aromatic heterocycles. The van der Waals surface area contributed by atoms with Crippen molar-refractivity contribution in [3.63, 3.8) is 0 Å². The van der Waals surface area contributed by atoms with Gasteiger partial charge in [-0.2, -0.15) is 0 Å². The van der Waals surface area contributed by atoms with E-state index in [1.807, 2.05) is 47.4 Å². The van der Waals surface area contributed by atoms with Crippen LogP contribution in [0.25, 0.3) is 0 Å². The maximum Gasteiger partial charge on any atom is 0.411 e. The Kier molecular flexibility index (Phi) is 5.59. The van der Waals surface area contributed by atoms with E-state index in [0.29, 0.717) is 6.61 Å². The molecule has 1 aliphatic heterocycles. The van der Waals surface area contributed by atoms with Crippen LogP contribution >= 0.6 is 11.8 Å². The van der Waals surface area contributed by atoms with Crippen molar-refractivity contribution in [2.45, 2.75) is 29.2 Å². The average Bonchev–Trinajstić information content (AvgIpc) is 2.97. The zero-order chi connectivity index (χ0) is 16.8. The first-order valence-corrected chi connectivity index (χ1v) is 8.97. The number of carbonyl (C=O) groups excluding carboxylic acids is 1. The first-order valence-electron chi connectivity index (χ1n) is 8.09. The summed E-state index contributed by atoms with van der Waals surface area (Å²) in [6.45, 7) is 4.28. The van der Waals surface area contributed by atoms with Gasteiger partial charge in [0.05, 0.1) is 0 Å². The van der Waals surface area contributed by atoms with Crippen molar-refractivity contribution >= 4 is 17.9 Å². The van der Waals surface area contributed by atoms with Gasteiger partial charge in [-0.25, -0.2) is 4.79 Å². The quantitative estimate of drug-likeness (QED) is 0.682. The molecule has 4 heteroatoms. The number of hydrogen-bond donors (Lipinski definition) is 0. The topological polar surface area (TPSA) is 29.5 Å². The molecule has 1 amide bonds. The highest BCUT2D eigenvalue weighted by Gasteiger charge is 2.38. The lowest BCUT2D eigenvalue weighted by Crippen LogP contribution is -2.41. The van der Waals surface area contributed by atoms with Crippen LogP contribution in [-0.4, -0.2) is 29.0 Å². The van der Waals surface area contributed by atoms with E-state index < -0.39 is 0 Å². The molecular weight excluding hydrogens is 318 g/mol. The lowest BCUT2D eigenvalue weighted by molar-refractivity contribution is 0.147. The maximum atomic E-state index is 12.3. The third-order valence-corrected chi connectivity index (χ3v) is 5.21. The standard InChI is InChI=1S/C20H21NO2S/c1-2-9-17(14-16-10-5-3-6-11-16)21-19(15-23-20(21)22)24-18-12-7-4-8-13-18/h2-8,10-13,17,19H,1,9,14-15H2/t17-,19?/m1/s1. The molecule has 2 atom stereocenters. The van der Waals surface area contributed by atoms with Crippen LogP contribution in [0, 0.1) is 0 Å². The molecule has 24 heavy (non-hydrogen) atoms. The third-order valence-electron chi connectivity index (χ3n) is 4.03. The fourth-order valence-corrected chi connectivity index (χ4v) is 4.06. The SMILES string of the molecule is C=CC[C@H](Cc1ccccc1)N1C(=O)OCC1Sc1ccccc1. The van der Waals surface area contributed by atoms with Crippen molar-refractivity contribution in [2.24, 2.45) is 0 Å². The first-order chi connectivity index (χ1) is 11.8. The molecular formula is C20H21NO2S. The number of rotatable bonds is 7. The van der Waals surface area contributed by atoms with Crippen molar-refractivity contribution in [1.29, 1.82) is 0 Å². The number of nitrogens with zero attached hydrogens (tertiary/aromatic N) is 1. The second-order valence-electron chi connectivity index (χ2n) is 5.74. The molecule has 0 spiro atoms. The van der Waals surface area contributed by atoms with Crippen molar-refractivity contribution in [3.8, 4) is 0 Å². The molecule has 0 aliphatic carbocycles. The van der Waals surface area contributed by atoms with Crippen molar-refractivity contribution in [1.82, 2.24) is 4.90 Å². The summed E-state index contributed by atoms with van der Waals surface area (Å²) in [5, 5.41) is -0.00596. The smallest absolute Gasteiger partial charge is 0.411 e. The first kappa shape index (κ1) is 16.7. The van der Waals surface area contributed by atoms with Gasteiger partial charge >= 0.3 is 6.09 Å². The zero-order valence-electron chi connectivity index (χ0n) is 13.5. The molecule has 1 saturated heterocycles. The lowest BCUT2D eigenvalue weighted by atomic mass is 10.0. The van der Waals surface area contributed by atoms with E-state index in [1.54, 1.807) is 11.8 Å². The van der Waals surface area contributed by atoms with Crippen LogP contribution in [0.5, 0.6) is 0 Å². The Morgan fingerprint density at radius 2 is 1.83 bits per heavy atom. The second kappa shape index (κ2) is 8.06. The van der Waals surface area contributed by atoms with Gasteiger partial charge in [-0.05, 0) is 30.5 Å². The van der Waals surface area contributed by atoms with E-state index in [0.717, 1.165) is 17.7 Å². The van der Waals surface area contributed by atoms with Crippen LogP contribution in [-0.2, 0) is 11.2 Å². The van der Waals surface area contributed by atoms with E-state index in [-0.39, 0.29) is 17.5 Å². The molecule has 1 heterocycles. The highest BCUT2D eigenvalue weighted by atomic mass is 32.2. The summed E-state index contributed by atoms with van der Waals surface area (Å²) >= 11 is 1.67. The van der Waals surface area contributed by atoms with Gasteiger partial charge in [0.1, 0.15) is 12.0 Å². The van der Waals surface area contributed by atoms with Gasteiger partial charge in [0.25, 0.3) is 0 Å². The highest BCUT2D eigenvalue weighted by molar-refractivity contribution is 8.00. The van der Waals surface area contributed by atoms with Crippen molar-refractivity contribution < 1.29 is 9.53 Å². The minimum Gasteiger partial charge on any atom is -0.446 e. The second-order valence-corrected chi connectivity index (χ2v) is 6.99. The summed E-state index contributed by atoms with van der Waals surface area (Å²) in [5.41, 5.74) is 1.22. The molecule has 3 nitrogen and oxygen atoms in total. The normalized spacial score (nSPS) is 18.2. The van der Waals surface area contributed by atoms with Gasteiger partial charge in [-0.1, -0.05) is 66.4 Å². The summed E-state index contributed by atoms with van der Waals surface area (Å²) in [4.78, 5) is 15.4. The number of amides is 1. The monoisotopic (exact) mass is 339 g/mol.